The lowest BCUT2D eigenvalue weighted by molar-refractivity contribution is -0.140. The lowest BCUT2D eigenvalue weighted by Crippen LogP contribution is -2.49. The molecule has 1 atom stereocenters. The van der Waals surface area contributed by atoms with Crippen LogP contribution >= 0.6 is 0 Å². The van der Waals surface area contributed by atoms with Crippen LogP contribution in [0.15, 0.2) is 0 Å². The van der Waals surface area contributed by atoms with Crippen LogP contribution in [0.3, 0.4) is 0 Å². The highest BCUT2D eigenvalue weighted by Gasteiger charge is 2.19. The molecule has 0 aliphatic carbocycles. The predicted octanol–water partition coefficient (Wildman–Crippen LogP) is -0.0339. The Balaban J connectivity index is 2.62. The molecule has 0 aromatic carbocycles. The van der Waals surface area contributed by atoms with Crippen molar-refractivity contribution >= 4 is 17.8 Å². The molecule has 0 bridgehead atoms. The van der Waals surface area contributed by atoms with Crippen LogP contribution in [-0.2, 0) is 19.1 Å². The van der Waals surface area contributed by atoms with Gasteiger partial charge in [-0.3, -0.25) is 29.1 Å². The van der Waals surface area contributed by atoms with Gasteiger partial charge in [-0.2, -0.15) is 0 Å². The van der Waals surface area contributed by atoms with Crippen LogP contribution in [0, 0.1) is 5.92 Å². The monoisotopic (exact) mass is 501 g/mol. The van der Waals surface area contributed by atoms with Crippen molar-refractivity contribution in [3.05, 3.63) is 0 Å². The molecule has 3 N–H and O–H groups in total. The van der Waals surface area contributed by atoms with E-state index in [9.17, 15) is 24.6 Å². The minimum absolute atomic E-state index is 0.0634. The molecule has 11 nitrogen and oxygen atoms in total. The fourth-order valence-electron chi connectivity index (χ4n) is 3.86. The summed E-state index contributed by atoms with van der Waals surface area (Å²) in [7, 11) is 0. The topological polar surface area (TPSA) is 126 Å². The van der Waals surface area contributed by atoms with Crippen molar-refractivity contribution in [3.63, 3.8) is 0 Å². The van der Waals surface area contributed by atoms with Crippen molar-refractivity contribution in [1.82, 2.24) is 24.9 Å². The summed E-state index contributed by atoms with van der Waals surface area (Å²) >= 11 is 0. The van der Waals surface area contributed by atoms with Gasteiger partial charge in [0.1, 0.15) is 0 Å². The smallest absolute Gasteiger partial charge is 0.317 e. The number of ether oxygens (including phenoxy) is 1. The fourth-order valence-corrected chi connectivity index (χ4v) is 3.86. The molecule has 0 radical (unpaired) electrons. The Morgan fingerprint density at radius 1 is 0.771 bits per heavy atom. The van der Waals surface area contributed by atoms with Crippen molar-refractivity contribution in [2.75, 3.05) is 98.3 Å². The summed E-state index contributed by atoms with van der Waals surface area (Å²) in [5.74, 6) is -1.23. The zero-order valence-electron chi connectivity index (χ0n) is 21.9. The largest absolute Gasteiger partial charge is 0.480 e. The van der Waals surface area contributed by atoms with Gasteiger partial charge in [0, 0.05) is 65.5 Å². The van der Waals surface area contributed by atoms with E-state index in [-0.39, 0.29) is 25.5 Å². The number of aliphatic carboxylic acids is 2. The number of carbonyl (C=O) groups excluding carboxylic acids is 1. The van der Waals surface area contributed by atoms with E-state index in [1.165, 1.54) is 0 Å². The first-order chi connectivity index (χ1) is 16.7. The number of carboxylic acid groups (broad SMARTS) is 2. The number of likely N-dealkylation sites (N-methyl/N-ethyl adjacent to an activating group) is 1. The minimum atomic E-state index is -0.920. The molecule has 0 aromatic rings. The molecule has 1 rings (SSSR count). The Morgan fingerprint density at radius 2 is 1.23 bits per heavy atom. The maximum absolute atomic E-state index is 12.5. The molecule has 1 saturated heterocycles. The van der Waals surface area contributed by atoms with Crippen LogP contribution in [-0.4, -0.2) is 146 Å². The first kappa shape index (κ1) is 31.2. The molecule has 0 saturated carbocycles. The third-order valence-corrected chi connectivity index (χ3v) is 6.48. The van der Waals surface area contributed by atoms with Crippen LogP contribution in [0.5, 0.6) is 0 Å². The molecule has 1 fully saturated rings. The Morgan fingerprint density at radius 3 is 1.66 bits per heavy atom. The highest BCUT2D eigenvalue weighted by molar-refractivity contribution is 5.78. The number of carbonyl (C=O) groups is 3. The Labute approximate surface area is 210 Å². The van der Waals surface area contributed by atoms with Crippen LogP contribution < -0.4 is 5.32 Å². The summed E-state index contributed by atoms with van der Waals surface area (Å²) in [5.41, 5.74) is 0. The summed E-state index contributed by atoms with van der Waals surface area (Å²) in [4.78, 5) is 43.1. The number of amides is 1. The molecule has 1 heterocycles. The van der Waals surface area contributed by atoms with Crippen molar-refractivity contribution < 1.29 is 29.3 Å². The second-order valence-electron chi connectivity index (χ2n) is 9.31. The second kappa shape index (κ2) is 18.5. The van der Waals surface area contributed by atoms with E-state index < -0.39 is 11.9 Å². The molecule has 1 aliphatic heterocycles. The lowest BCUT2D eigenvalue weighted by atomic mass is 10.1. The standard InChI is InChI=1S/C24H47N5O6/c1-4-21(3)6-16-35-17-7-25-22(30)18-27-10-8-26(5-2)9-11-28(19-23(31)32)14-15-29(13-12-27)20-24(33)34/h21H,4-20H2,1-3H3,(H,25,30)(H,31,32)(H,33,34). The van der Waals surface area contributed by atoms with E-state index in [4.69, 9.17) is 4.74 Å². The zero-order chi connectivity index (χ0) is 26.1. The molecule has 35 heavy (non-hydrogen) atoms. The molecule has 1 amide bonds. The quantitative estimate of drug-likeness (QED) is 0.279. The molecule has 1 aliphatic rings. The molecule has 0 spiro atoms. The van der Waals surface area contributed by atoms with Gasteiger partial charge in [0.05, 0.1) is 26.2 Å². The molecule has 0 aromatic heterocycles. The van der Waals surface area contributed by atoms with E-state index >= 15 is 0 Å². The van der Waals surface area contributed by atoms with Gasteiger partial charge >= 0.3 is 11.9 Å². The summed E-state index contributed by atoms with van der Waals surface area (Å²) < 4.78 is 5.61. The Bertz CT molecular complexity index is 623. The third-order valence-electron chi connectivity index (χ3n) is 6.48. The van der Waals surface area contributed by atoms with Gasteiger partial charge in [0.2, 0.25) is 5.91 Å². The first-order valence-corrected chi connectivity index (χ1v) is 12.9. The molecule has 11 heteroatoms. The van der Waals surface area contributed by atoms with E-state index in [1.807, 2.05) is 9.80 Å². The number of nitrogens with one attached hydrogen (secondary N) is 1. The average molecular weight is 502 g/mol. The van der Waals surface area contributed by atoms with Gasteiger partial charge in [-0.05, 0) is 18.9 Å². The molecular formula is C24H47N5O6. The van der Waals surface area contributed by atoms with Crippen LogP contribution in [0.1, 0.15) is 33.6 Å². The maximum Gasteiger partial charge on any atom is 0.317 e. The summed E-state index contributed by atoms with van der Waals surface area (Å²) in [6.45, 7) is 13.7. The number of hydrogen-bond acceptors (Lipinski definition) is 8. The summed E-state index contributed by atoms with van der Waals surface area (Å²) in [6, 6.07) is 0. The van der Waals surface area contributed by atoms with E-state index in [1.54, 1.807) is 0 Å². The van der Waals surface area contributed by atoms with E-state index in [0.29, 0.717) is 64.9 Å². The van der Waals surface area contributed by atoms with E-state index in [0.717, 1.165) is 32.5 Å². The maximum atomic E-state index is 12.5. The van der Waals surface area contributed by atoms with Crippen molar-refractivity contribution in [3.8, 4) is 0 Å². The highest BCUT2D eigenvalue weighted by Crippen LogP contribution is 2.05. The second-order valence-corrected chi connectivity index (χ2v) is 9.31. The fraction of sp³-hybridized carbons (Fsp3) is 0.875. The first-order valence-electron chi connectivity index (χ1n) is 12.9. The summed E-state index contributed by atoms with van der Waals surface area (Å²) in [6.07, 6.45) is 2.16. The van der Waals surface area contributed by atoms with E-state index in [2.05, 4.69) is 35.9 Å². The van der Waals surface area contributed by atoms with Crippen molar-refractivity contribution in [2.24, 2.45) is 5.92 Å². The van der Waals surface area contributed by atoms with Crippen molar-refractivity contribution in [2.45, 2.75) is 33.6 Å². The summed E-state index contributed by atoms with van der Waals surface area (Å²) in [5, 5.41) is 21.5. The molecule has 204 valence electrons. The predicted molar refractivity (Wildman–Crippen MR) is 135 cm³/mol. The van der Waals surface area contributed by atoms with Gasteiger partial charge < -0.3 is 25.2 Å². The number of nitrogens with zero attached hydrogens (tertiary/aromatic N) is 4. The van der Waals surface area contributed by atoms with Gasteiger partial charge in [-0.15, -0.1) is 0 Å². The van der Waals surface area contributed by atoms with Crippen LogP contribution in [0.25, 0.3) is 0 Å². The average Bonchev–Trinajstić information content (AvgIpc) is 2.80. The van der Waals surface area contributed by atoms with Gasteiger partial charge in [0.15, 0.2) is 0 Å². The van der Waals surface area contributed by atoms with Gasteiger partial charge in [-0.1, -0.05) is 27.2 Å². The van der Waals surface area contributed by atoms with Crippen LogP contribution in [0.4, 0.5) is 0 Å². The normalized spacial score (nSPS) is 18.9. The minimum Gasteiger partial charge on any atom is -0.480 e. The van der Waals surface area contributed by atoms with Crippen LogP contribution in [0.2, 0.25) is 0 Å². The Kier molecular flexibility index (Phi) is 16.5. The lowest BCUT2D eigenvalue weighted by Gasteiger charge is -2.33. The number of carboxylic acids is 2. The highest BCUT2D eigenvalue weighted by atomic mass is 16.5. The Hall–Kier alpha value is -1.79. The van der Waals surface area contributed by atoms with Crippen molar-refractivity contribution in [1.29, 1.82) is 0 Å². The zero-order valence-corrected chi connectivity index (χ0v) is 21.9. The number of hydrogen-bond donors (Lipinski definition) is 3. The third kappa shape index (κ3) is 15.7. The molecule has 1 unspecified atom stereocenters. The SMILES string of the molecule is CCC(C)CCOCCNC(=O)CN1CCN(CC)CCN(CC(=O)O)CCN(CC(=O)O)CC1. The van der Waals surface area contributed by atoms with Gasteiger partial charge in [-0.25, -0.2) is 0 Å². The van der Waals surface area contributed by atoms with Gasteiger partial charge in [0.25, 0.3) is 0 Å². The number of rotatable bonds is 14. The molecular weight excluding hydrogens is 454 g/mol.